The molecule has 0 aliphatic carbocycles. The van der Waals surface area contributed by atoms with Gasteiger partial charge in [-0.25, -0.2) is 0 Å². The van der Waals surface area contributed by atoms with Crippen molar-refractivity contribution in [2.45, 2.75) is 20.8 Å². The van der Waals surface area contributed by atoms with Gasteiger partial charge >= 0.3 is 0 Å². The second-order valence-electron chi connectivity index (χ2n) is 2.12. The van der Waals surface area contributed by atoms with Crippen LogP contribution in [-0.2, 0) is 15.9 Å². The van der Waals surface area contributed by atoms with Crippen LogP contribution in [0.15, 0.2) is 10.5 Å². The molecule has 10 heavy (non-hydrogen) atoms. The van der Waals surface area contributed by atoms with Gasteiger partial charge in [-0.05, 0) is 31.9 Å². The Morgan fingerprint density at radius 2 is 1.70 bits per heavy atom. The van der Waals surface area contributed by atoms with Crippen molar-refractivity contribution in [1.29, 1.82) is 0 Å². The summed E-state index contributed by atoms with van der Waals surface area (Å²) < 4.78 is 20.6. The summed E-state index contributed by atoms with van der Waals surface area (Å²) in [7, 11) is 0. The fraction of sp³-hybridized carbons (Fsp3) is 0.500. The number of hydrogen-bond donors (Lipinski definition) is 0. The standard InChI is InChI=1S/C6H10O3S/c1-4(2)6(5(3)7)10(8)9/h1-3H3,(H,8,9)/p-1. The second-order valence-corrected chi connectivity index (χ2v) is 3.00. The third-order valence-corrected chi connectivity index (χ3v) is 1.97. The summed E-state index contributed by atoms with van der Waals surface area (Å²) in [4.78, 5) is 10.5. The van der Waals surface area contributed by atoms with Gasteiger partial charge in [0.2, 0.25) is 0 Å². The van der Waals surface area contributed by atoms with E-state index >= 15 is 0 Å². The molecule has 0 N–H and O–H groups in total. The monoisotopic (exact) mass is 161 g/mol. The first-order valence-corrected chi connectivity index (χ1v) is 3.82. The Morgan fingerprint density at radius 1 is 1.30 bits per heavy atom. The van der Waals surface area contributed by atoms with Crippen LogP contribution in [0.1, 0.15) is 20.8 Å². The van der Waals surface area contributed by atoms with Crippen LogP contribution in [0.5, 0.6) is 0 Å². The van der Waals surface area contributed by atoms with Crippen molar-refractivity contribution in [3.63, 3.8) is 0 Å². The van der Waals surface area contributed by atoms with Crippen LogP contribution in [0.3, 0.4) is 0 Å². The molecule has 1 atom stereocenters. The molecule has 0 aliphatic rings. The second kappa shape index (κ2) is 3.63. The summed E-state index contributed by atoms with van der Waals surface area (Å²) in [5, 5.41) is 0. The van der Waals surface area contributed by atoms with Gasteiger partial charge in [-0.1, -0.05) is 5.57 Å². The van der Waals surface area contributed by atoms with Crippen LogP contribution < -0.4 is 0 Å². The Morgan fingerprint density at radius 3 is 1.70 bits per heavy atom. The first-order chi connectivity index (χ1) is 4.46. The molecule has 0 amide bonds. The average molecular weight is 161 g/mol. The van der Waals surface area contributed by atoms with Gasteiger partial charge in [0.15, 0.2) is 5.78 Å². The molecule has 0 aromatic carbocycles. The molecule has 0 aliphatic heterocycles. The lowest BCUT2D eigenvalue weighted by Gasteiger charge is -2.07. The zero-order chi connectivity index (χ0) is 8.31. The maximum absolute atomic E-state index is 10.6. The molecule has 0 saturated heterocycles. The molecule has 0 bridgehead atoms. The van der Waals surface area contributed by atoms with Crippen molar-refractivity contribution in [3.8, 4) is 0 Å². The Balaban J connectivity index is 4.79. The molecule has 0 fully saturated rings. The zero-order valence-electron chi connectivity index (χ0n) is 6.13. The van der Waals surface area contributed by atoms with Crippen LogP contribution in [-0.4, -0.2) is 14.5 Å². The number of carbonyl (C=O) groups excluding carboxylic acids is 1. The van der Waals surface area contributed by atoms with E-state index in [9.17, 15) is 13.6 Å². The van der Waals surface area contributed by atoms with Gasteiger partial charge in [0.1, 0.15) is 0 Å². The van der Waals surface area contributed by atoms with Gasteiger partial charge in [-0.15, -0.1) is 0 Å². The van der Waals surface area contributed by atoms with Crippen LogP contribution >= 0.6 is 0 Å². The van der Waals surface area contributed by atoms with E-state index in [0.717, 1.165) is 0 Å². The van der Waals surface area contributed by atoms with Gasteiger partial charge in [-0.3, -0.25) is 9.00 Å². The van der Waals surface area contributed by atoms with Crippen LogP contribution in [0.4, 0.5) is 0 Å². The van der Waals surface area contributed by atoms with Crippen molar-refractivity contribution in [1.82, 2.24) is 0 Å². The van der Waals surface area contributed by atoms with E-state index in [1.165, 1.54) is 6.92 Å². The van der Waals surface area contributed by atoms with E-state index in [1.807, 2.05) is 0 Å². The Bertz CT molecular complexity index is 185. The lowest BCUT2D eigenvalue weighted by molar-refractivity contribution is -0.113. The Hall–Kier alpha value is -0.480. The van der Waals surface area contributed by atoms with Crippen LogP contribution in [0.25, 0.3) is 0 Å². The predicted octanol–water partition coefficient (Wildman–Crippen LogP) is 0.748. The summed E-state index contributed by atoms with van der Waals surface area (Å²) in [6.07, 6.45) is 0. The minimum Gasteiger partial charge on any atom is -0.768 e. The molecule has 58 valence electrons. The van der Waals surface area contributed by atoms with Crippen molar-refractivity contribution < 1.29 is 13.6 Å². The van der Waals surface area contributed by atoms with Gasteiger partial charge in [0.25, 0.3) is 0 Å². The zero-order valence-corrected chi connectivity index (χ0v) is 6.95. The van der Waals surface area contributed by atoms with E-state index in [4.69, 9.17) is 0 Å². The number of allylic oxidation sites excluding steroid dienone is 2. The minimum atomic E-state index is -2.38. The molecule has 0 spiro atoms. The molecular formula is C6H9O3S-. The van der Waals surface area contributed by atoms with Crippen molar-refractivity contribution in [2.24, 2.45) is 0 Å². The van der Waals surface area contributed by atoms with E-state index in [2.05, 4.69) is 0 Å². The van der Waals surface area contributed by atoms with Crippen molar-refractivity contribution in [2.75, 3.05) is 0 Å². The fourth-order valence-electron chi connectivity index (χ4n) is 0.636. The summed E-state index contributed by atoms with van der Waals surface area (Å²) >= 11 is -2.38. The lowest BCUT2D eigenvalue weighted by Crippen LogP contribution is -2.04. The van der Waals surface area contributed by atoms with E-state index in [-0.39, 0.29) is 4.91 Å². The van der Waals surface area contributed by atoms with E-state index in [0.29, 0.717) is 5.57 Å². The first-order valence-electron chi connectivity index (χ1n) is 2.74. The van der Waals surface area contributed by atoms with E-state index in [1.54, 1.807) is 13.8 Å². The third-order valence-electron chi connectivity index (χ3n) is 0.941. The molecule has 3 nitrogen and oxygen atoms in total. The molecule has 1 unspecified atom stereocenters. The first kappa shape index (κ1) is 9.52. The van der Waals surface area contributed by atoms with Gasteiger partial charge in [-0.2, -0.15) is 0 Å². The SMILES string of the molecule is CC(=O)C(=C(C)C)S(=O)[O-]. The molecule has 0 aromatic heterocycles. The largest absolute Gasteiger partial charge is 0.768 e. The topological polar surface area (TPSA) is 57.2 Å². The fourth-order valence-corrected chi connectivity index (χ4v) is 1.20. The van der Waals surface area contributed by atoms with Gasteiger partial charge < -0.3 is 4.55 Å². The summed E-state index contributed by atoms with van der Waals surface area (Å²) in [5.41, 5.74) is 0.529. The Kier molecular flexibility index (Phi) is 3.46. The van der Waals surface area contributed by atoms with E-state index < -0.39 is 16.9 Å². The molecular weight excluding hydrogens is 152 g/mol. The normalized spacial score (nSPS) is 12.4. The maximum atomic E-state index is 10.6. The molecule has 0 aromatic rings. The number of Topliss-reactive ketones (excluding diaryl/α,β-unsaturated/α-hetero) is 1. The highest BCUT2D eigenvalue weighted by Gasteiger charge is 2.04. The van der Waals surface area contributed by atoms with Crippen molar-refractivity contribution in [3.05, 3.63) is 10.5 Å². The molecule has 4 heteroatoms. The number of carbonyl (C=O) groups is 1. The summed E-state index contributed by atoms with van der Waals surface area (Å²) in [5.74, 6) is -0.409. The quantitative estimate of drug-likeness (QED) is 0.443. The number of ketones is 1. The Labute approximate surface area is 62.4 Å². The predicted molar refractivity (Wildman–Crippen MR) is 38.0 cm³/mol. The highest BCUT2D eigenvalue weighted by atomic mass is 32.2. The number of rotatable bonds is 2. The summed E-state index contributed by atoms with van der Waals surface area (Å²) in [6, 6.07) is 0. The van der Waals surface area contributed by atoms with Crippen LogP contribution in [0, 0.1) is 0 Å². The smallest absolute Gasteiger partial charge is 0.167 e. The molecule has 0 heterocycles. The highest BCUT2D eigenvalue weighted by Crippen LogP contribution is 2.07. The molecule has 0 rings (SSSR count). The van der Waals surface area contributed by atoms with Gasteiger partial charge in [0.05, 0.1) is 4.91 Å². The maximum Gasteiger partial charge on any atom is 0.167 e. The van der Waals surface area contributed by atoms with Gasteiger partial charge in [0, 0.05) is 0 Å². The average Bonchev–Trinajstić information content (AvgIpc) is 1.59. The van der Waals surface area contributed by atoms with Crippen LogP contribution in [0.2, 0.25) is 0 Å². The minimum absolute atomic E-state index is 0.111. The van der Waals surface area contributed by atoms with Crippen molar-refractivity contribution >= 4 is 16.9 Å². The summed E-state index contributed by atoms with van der Waals surface area (Å²) in [6.45, 7) is 4.41. The molecule has 0 radical (unpaired) electrons. The highest BCUT2D eigenvalue weighted by molar-refractivity contribution is 7.84. The number of hydrogen-bond acceptors (Lipinski definition) is 3. The molecule has 0 saturated carbocycles. The lowest BCUT2D eigenvalue weighted by atomic mass is 10.3. The third kappa shape index (κ3) is 2.41.